The lowest BCUT2D eigenvalue weighted by Crippen LogP contribution is -2.45. The maximum absolute atomic E-state index is 12.7. The number of thiazole rings is 1. The highest BCUT2D eigenvalue weighted by Gasteiger charge is 2.39. The fraction of sp³-hybridized carbons (Fsp3) is 0.692. The summed E-state index contributed by atoms with van der Waals surface area (Å²) in [5, 5.41) is 2.38. The highest BCUT2D eigenvalue weighted by atomic mass is 32.2. The van der Waals surface area contributed by atoms with E-state index in [9.17, 15) is 13.2 Å². The van der Waals surface area contributed by atoms with Crippen molar-refractivity contribution in [3.05, 3.63) is 11.6 Å². The standard InChI is InChI=1S/C13H19N3O3S2/c1-21(18,19)10-4-7-15(9-10)12(17)11-3-2-6-16(11)13-14-5-8-20-13/h5,8,10-11H,2-4,6-7,9H2,1H3/t10-,11+/m1/s1. The van der Waals surface area contributed by atoms with Crippen LogP contribution in [-0.2, 0) is 14.6 Å². The van der Waals surface area contributed by atoms with Gasteiger partial charge >= 0.3 is 0 Å². The Morgan fingerprint density at radius 2 is 2.19 bits per heavy atom. The van der Waals surface area contributed by atoms with Crippen molar-refractivity contribution >= 4 is 32.2 Å². The molecule has 6 nitrogen and oxygen atoms in total. The molecule has 0 bridgehead atoms. The molecule has 2 aliphatic rings. The van der Waals surface area contributed by atoms with Gasteiger partial charge in [0.25, 0.3) is 0 Å². The Hall–Kier alpha value is -1.15. The molecule has 2 saturated heterocycles. The van der Waals surface area contributed by atoms with Gasteiger partial charge in [0, 0.05) is 37.5 Å². The molecule has 3 rings (SSSR count). The number of nitrogens with zero attached hydrogens (tertiary/aromatic N) is 3. The SMILES string of the molecule is CS(=O)(=O)[C@@H]1CCN(C(=O)[C@@H]2CCCN2c2nccs2)C1. The van der Waals surface area contributed by atoms with Crippen LogP contribution in [0.25, 0.3) is 0 Å². The lowest BCUT2D eigenvalue weighted by Gasteiger charge is -2.27. The zero-order valence-corrected chi connectivity index (χ0v) is 13.6. The molecule has 1 amide bonds. The van der Waals surface area contributed by atoms with Crippen LogP contribution in [0.3, 0.4) is 0 Å². The topological polar surface area (TPSA) is 70.6 Å². The van der Waals surface area contributed by atoms with Gasteiger partial charge < -0.3 is 9.80 Å². The van der Waals surface area contributed by atoms with Gasteiger partial charge in [-0.05, 0) is 19.3 Å². The molecule has 116 valence electrons. The summed E-state index contributed by atoms with van der Waals surface area (Å²) in [5.41, 5.74) is 0. The quantitative estimate of drug-likeness (QED) is 0.819. The molecule has 0 radical (unpaired) electrons. The molecule has 0 saturated carbocycles. The monoisotopic (exact) mass is 329 g/mol. The van der Waals surface area contributed by atoms with Crippen LogP contribution in [0.15, 0.2) is 11.6 Å². The normalized spacial score (nSPS) is 26.5. The Morgan fingerprint density at radius 3 is 2.81 bits per heavy atom. The predicted molar refractivity (Wildman–Crippen MR) is 82.3 cm³/mol. The van der Waals surface area contributed by atoms with Gasteiger partial charge in [0.05, 0.1) is 5.25 Å². The first-order valence-electron chi connectivity index (χ1n) is 7.10. The fourth-order valence-corrected chi connectivity index (χ4v) is 4.80. The number of sulfone groups is 1. The van der Waals surface area contributed by atoms with Gasteiger partial charge in [-0.25, -0.2) is 13.4 Å². The Balaban J connectivity index is 1.71. The van der Waals surface area contributed by atoms with E-state index in [0.717, 1.165) is 24.5 Å². The minimum Gasteiger partial charge on any atom is -0.340 e. The molecular weight excluding hydrogens is 310 g/mol. The van der Waals surface area contributed by atoms with Crippen molar-refractivity contribution in [2.75, 3.05) is 30.8 Å². The summed E-state index contributed by atoms with van der Waals surface area (Å²) >= 11 is 1.54. The van der Waals surface area contributed by atoms with Crippen LogP contribution in [0.2, 0.25) is 0 Å². The van der Waals surface area contributed by atoms with Gasteiger partial charge in [-0.3, -0.25) is 4.79 Å². The smallest absolute Gasteiger partial charge is 0.245 e. The minimum atomic E-state index is -3.07. The largest absolute Gasteiger partial charge is 0.340 e. The number of likely N-dealkylation sites (tertiary alicyclic amines) is 1. The number of carbonyl (C=O) groups excluding carboxylic acids is 1. The zero-order chi connectivity index (χ0) is 15.0. The average molecular weight is 329 g/mol. The van der Waals surface area contributed by atoms with Gasteiger partial charge in [0.2, 0.25) is 5.91 Å². The van der Waals surface area contributed by atoms with E-state index in [4.69, 9.17) is 0 Å². The number of hydrogen-bond donors (Lipinski definition) is 0. The molecule has 0 aromatic carbocycles. The summed E-state index contributed by atoms with van der Waals surface area (Å²) in [6.45, 7) is 1.71. The molecule has 2 fully saturated rings. The van der Waals surface area contributed by atoms with Crippen LogP contribution in [0.4, 0.5) is 5.13 Å². The Bertz CT molecular complexity index is 615. The predicted octanol–water partition coefficient (Wildman–Crippen LogP) is 0.757. The highest BCUT2D eigenvalue weighted by molar-refractivity contribution is 7.91. The number of hydrogen-bond acceptors (Lipinski definition) is 6. The van der Waals surface area contributed by atoms with E-state index in [2.05, 4.69) is 9.88 Å². The fourth-order valence-electron chi connectivity index (χ4n) is 3.10. The van der Waals surface area contributed by atoms with E-state index >= 15 is 0 Å². The van der Waals surface area contributed by atoms with Gasteiger partial charge in [-0.1, -0.05) is 0 Å². The molecule has 21 heavy (non-hydrogen) atoms. The maximum atomic E-state index is 12.7. The first-order chi connectivity index (χ1) is 9.97. The Morgan fingerprint density at radius 1 is 1.38 bits per heavy atom. The third kappa shape index (κ3) is 2.91. The van der Waals surface area contributed by atoms with Crippen molar-refractivity contribution in [3.8, 4) is 0 Å². The summed E-state index contributed by atoms with van der Waals surface area (Å²) in [6.07, 6.45) is 5.34. The average Bonchev–Trinajstić information content (AvgIpc) is 3.16. The van der Waals surface area contributed by atoms with Crippen molar-refractivity contribution in [2.24, 2.45) is 0 Å². The molecule has 0 unspecified atom stereocenters. The summed E-state index contributed by atoms with van der Waals surface area (Å²) in [4.78, 5) is 20.7. The third-order valence-electron chi connectivity index (χ3n) is 4.27. The summed E-state index contributed by atoms with van der Waals surface area (Å²) in [5.74, 6) is 0.0499. The first-order valence-corrected chi connectivity index (χ1v) is 9.94. The molecule has 2 atom stereocenters. The molecule has 2 aliphatic heterocycles. The van der Waals surface area contributed by atoms with Crippen molar-refractivity contribution in [2.45, 2.75) is 30.6 Å². The van der Waals surface area contributed by atoms with E-state index in [-0.39, 0.29) is 11.9 Å². The molecule has 0 N–H and O–H groups in total. The second-order valence-corrected chi connectivity index (χ2v) is 8.89. The summed E-state index contributed by atoms with van der Waals surface area (Å²) in [7, 11) is -3.07. The van der Waals surface area contributed by atoms with Gasteiger partial charge in [0.1, 0.15) is 6.04 Å². The zero-order valence-electron chi connectivity index (χ0n) is 11.9. The highest BCUT2D eigenvalue weighted by Crippen LogP contribution is 2.29. The molecule has 3 heterocycles. The Kier molecular flexibility index (Phi) is 3.92. The van der Waals surface area contributed by atoms with E-state index in [1.165, 1.54) is 17.6 Å². The third-order valence-corrected chi connectivity index (χ3v) is 6.67. The molecule has 1 aromatic rings. The van der Waals surface area contributed by atoms with Crippen molar-refractivity contribution in [1.82, 2.24) is 9.88 Å². The van der Waals surface area contributed by atoms with Crippen LogP contribution >= 0.6 is 11.3 Å². The first kappa shape index (κ1) is 14.8. The molecule has 8 heteroatoms. The minimum absolute atomic E-state index is 0.0499. The van der Waals surface area contributed by atoms with Crippen LogP contribution in [0.5, 0.6) is 0 Å². The van der Waals surface area contributed by atoms with Crippen LogP contribution in [0, 0.1) is 0 Å². The van der Waals surface area contributed by atoms with Crippen molar-refractivity contribution < 1.29 is 13.2 Å². The van der Waals surface area contributed by atoms with E-state index < -0.39 is 15.1 Å². The molecule has 0 aliphatic carbocycles. The number of anilines is 1. The van der Waals surface area contributed by atoms with Gasteiger partial charge in [0.15, 0.2) is 15.0 Å². The van der Waals surface area contributed by atoms with Crippen LogP contribution in [-0.4, -0.2) is 61.4 Å². The van der Waals surface area contributed by atoms with E-state index in [1.807, 2.05) is 5.38 Å². The van der Waals surface area contributed by atoms with E-state index in [1.54, 1.807) is 11.1 Å². The van der Waals surface area contributed by atoms with Crippen LogP contribution in [0.1, 0.15) is 19.3 Å². The van der Waals surface area contributed by atoms with E-state index in [0.29, 0.717) is 19.5 Å². The van der Waals surface area contributed by atoms with Crippen LogP contribution < -0.4 is 4.90 Å². The van der Waals surface area contributed by atoms with Gasteiger partial charge in [-0.15, -0.1) is 11.3 Å². The summed E-state index contributed by atoms with van der Waals surface area (Å²) < 4.78 is 23.2. The second-order valence-electron chi connectivity index (χ2n) is 5.69. The number of aromatic nitrogens is 1. The van der Waals surface area contributed by atoms with Crippen molar-refractivity contribution in [1.29, 1.82) is 0 Å². The second kappa shape index (κ2) is 5.57. The Labute approximate surface area is 128 Å². The number of amides is 1. The molecule has 0 spiro atoms. The van der Waals surface area contributed by atoms with Gasteiger partial charge in [-0.2, -0.15) is 0 Å². The maximum Gasteiger partial charge on any atom is 0.245 e. The number of carbonyl (C=O) groups is 1. The molecular formula is C13H19N3O3S2. The lowest BCUT2D eigenvalue weighted by molar-refractivity contribution is -0.131. The number of rotatable bonds is 3. The van der Waals surface area contributed by atoms with Crippen molar-refractivity contribution in [3.63, 3.8) is 0 Å². The molecule has 1 aromatic heterocycles. The summed E-state index contributed by atoms with van der Waals surface area (Å²) in [6, 6.07) is -0.186. The lowest BCUT2D eigenvalue weighted by atomic mass is 10.2.